The van der Waals surface area contributed by atoms with Crippen LogP contribution in [0.5, 0.6) is 0 Å². The van der Waals surface area contributed by atoms with Crippen LogP contribution in [0.4, 0.5) is 0 Å². The van der Waals surface area contributed by atoms with Crippen molar-refractivity contribution in [2.45, 2.75) is 37.6 Å². The van der Waals surface area contributed by atoms with Crippen LogP contribution in [0.15, 0.2) is 0 Å². The van der Waals surface area contributed by atoms with Gasteiger partial charge in [-0.1, -0.05) is 0 Å². The highest BCUT2D eigenvalue weighted by Crippen LogP contribution is 2.29. The van der Waals surface area contributed by atoms with Gasteiger partial charge in [-0.15, -0.1) is 0 Å². The molecule has 1 aliphatic heterocycles. The fourth-order valence-electron chi connectivity index (χ4n) is 1.76. The number of aliphatic hydroxyl groups excluding tert-OH is 1. The minimum Gasteiger partial charge on any atom is -0.366 e. The van der Waals surface area contributed by atoms with Crippen molar-refractivity contribution >= 4 is 31.2 Å². The van der Waals surface area contributed by atoms with Crippen molar-refractivity contribution in [1.82, 2.24) is 0 Å². The van der Waals surface area contributed by atoms with Crippen LogP contribution < -0.4 is 0 Å². The number of rotatable bonds is 6. The first kappa shape index (κ1) is 20.6. The quantitative estimate of drug-likeness (QED) is 0.331. The zero-order valence-corrected chi connectivity index (χ0v) is 13.4. The minimum atomic E-state index is -5.33. The van der Waals surface area contributed by atoms with Crippen LogP contribution in [0.1, 0.15) is 6.92 Å². The van der Waals surface area contributed by atoms with E-state index in [1.54, 1.807) is 0 Å². The predicted molar refractivity (Wildman–Crippen MR) is 65.8 cm³/mol. The van der Waals surface area contributed by atoms with Gasteiger partial charge in [-0.3, -0.25) is 13.7 Å². The van der Waals surface area contributed by atoms with Gasteiger partial charge in [-0.25, -0.2) is 12.5 Å². The molecule has 0 radical (unpaired) electrons. The monoisotopic (exact) mass is 404 g/mol. The molecule has 138 valence electrons. The molecule has 0 aromatic rings. The maximum absolute atomic E-state index is 10.8. The third kappa shape index (κ3) is 6.89. The zero-order chi connectivity index (χ0) is 18.2. The van der Waals surface area contributed by atoms with Gasteiger partial charge in [0.05, 0.1) is 6.10 Å². The minimum absolute atomic E-state index is 1.03. The lowest BCUT2D eigenvalue weighted by Gasteiger charge is -2.40. The number of aliphatic hydroxyl groups is 1. The maximum Gasteiger partial charge on any atom is 0.397 e. The Hall–Kier alpha value is -0.470. The first-order valence-corrected chi connectivity index (χ1v) is 9.49. The Morgan fingerprint density at radius 3 is 1.48 bits per heavy atom. The number of ether oxygens (including phenoxy) is 1. The standard InChI is InChI=1S/C6H12O14S3/c1-2-3(18-21(8,9)10)4(19-22(11,12)13)5(6(7)17-2)20-23(14,15)16/h2-7H,1H3,(H,8,9,10)(H,11,12,13)(H,14,15,16)/t2-,3-,4+,5-,6+/m1/s1. The molecule has 0 aliphatic carbocycles. The fraction of sp³-hybridized carbons (Fsp3) is 1.00. The molecular formula is C6H12O14S3. The second-order valence-corrected chi connectivity index (χ2v) is 7.34. The van der Waals surface area contributed by atoms with Crippen molar-refractivity contribution in [1.29, 1.82) is 0 Å². The molecule has 1 fully saturated rings. The molecule has 4 N–H and O–H groups in total. The summed E-state index contributed by atoms with van der Waals surface area (Å²) in [4.78, 5) is 0. The molecule has 1 rings (SSSR count). The summed E-state index contributed by atoms with van der Waals surface area (Å²) in [6.07, 6.45) is -10.5. The Morgan fingerprint density at radius 1 is 0.739 bits per heavy atom. The first-order valence-electron chi connectivity index (χ1n) is 5.40. The molecule has 5 atom stereocenters. The lowest BCUT2D eigenvalue weighted by molar-refractivity contribution is -0.262. The summed E-state index contributed by atoms with van der Waals surface area (Å²) >= 11 is 0. The van der Waals surface area contributed by atoms with Crippen molar-refractivity contribution < 1.29 is 61.3 Å². The van der Waals surface area contributed by atoms with Crippen LogP contribution in [0, 0.1) is 0 Å². The maximum atomic E-state index is 10.8. The van der Waals surface area contributed by atoms with Crippen molar-refractivity contribution in [3.8, 4) is 0 Å². The van der Waals surface area contributed by atoms with Crippen LogP contribution in [-0.4, -0.2) is 74.7 Å². The molecule has 1 saturated heterocycles. The van der Waals surface area contributed by atoms with E-state index >= 15 is 0 Å². The van der Waals surface area contributed by atoms with Crippen molar-refractivity contribution in [2.75, 3.05) is 0 Å². The van der Waals surface area contributed by atoms with Crippen LogP contribution in [0.2, 0.25) is 0 Å². The Balaban J connectivity index is 3.29. The van der Waals surface area contributed by atoms with E-state index in [2.05, 4.69) is 17.3 Å². The van der Waals surface area contributed by atoms with E-state index in [-0.39, 0.29) is 0 Å². The van der Waals surface area contributed by atoms with Crippen molar-refractivity contribution in [3.05, 3.63) is 0 Å². The smallest absolute Gasteiger partial charge is 0.366 e. The van der Waals surface area contributed by atoms with E-state index in [1.807, 2.05) is 0 Å². The van der Waals surface area contributed by atoms with E-state index in [4.69, 9.17) is 13.7 Å². The summed E-state index contributed by atoms with van der Waals surface area (Å²) in [6.45, 7) is 1.03. The van der Waals surface area contributed by atoms with Gasteiger partial charge in [0, 0.05) is 0 Å². The van der Waals surface area contributed by atoms with Gasteiger partial charge in [0.1, 0.15) is 12.2 Å². The molecule has 0 aromatic heterocycles. The molecule has 17 heteroatoms. The molecule has 0 spiro atoms. The molecule has 14 nitrogen and oxygen atoms in total. The van der Waals surface area contributed by atoms with Gasteiger partial charge in [0.15, 0.2) is 12.4 Å². The van der Waals surface area contributed by atoms with Gasteiger partial charge in [0.25, 0.3) is 0 Å². The SMILES string of the molecule is C[C@H]1O[C@H](O)[C@H](OS(=O)(=O)O)[C@@H](OS(=O)(=O)O)[C@@H]1OS(=O)(=O)O. The molecule has 0 unspecified atom stereocenters. The average Bonchev–Trinajstić information content (AvgIpc) is 2.25. The van der Waals surface area contributed by atoms with Gasteiger partial charge in [-0.2, -0.15) is 25.3 Å². The summed E-state index contributed by atoms with van der Waals surface area (Å²) in [7, 11) is -15.8. The fourth-order valence-corrected chi connectivity index (χ4v) is 3.29. The predicted octanol–water partition coefficient (Wildman–Crippen LogP) is -2.71. The van der Waals surface area contributed by atoms with E-state index in [0.717, 1.165) is 6.92 Å². The normalized spacial score (nSPS) is 33.5. The summed E-state index contributed by atoms with van der Waals surface area (Å²) in [5, 5.41) is 9.54. The molecular weight excluding hydrogens is 392 g/mol. The Kier molecular flexibility index (Phi) is 6.08. The molecule has 0 bridgehead atoms. The van der Waals surface area contributed by atoms with E-state index in [1.165, 1.54) is 0 Å². The Labute approximate surface area is 130 Å². The second kappa shape index (κ2) is 6.80. The molecule has 0 saturated carbocycles. The van der Waals surface area contributed by atoms with Gasteiger partial charge in [0.2, 0.25) is 0 Å². The lowest BCUT2D eigenvalue weighted by atomic mass is 10.0. The zero-order valence-electron chi connectivity index (χ0n) is 11.0. The number of hydrogen-bond donors (Lipinski definition) is 4. The van der Waals surface area contributed by atoms with Gasteiger partial charge in [-0.05, 0) is 6.92 Å². The lowest BCUT2D eigenvalue weighted by Crippen LogP contribution is -2.60. The molecule has 1 heterocycles. The third-order valence-corrected chi connectivity index (χ3v) is 3.84. The van der Waals surface area contributed by atoms with Gasteiger partial charge < -0.3 is 9.84 Å². The van der Waals surface area contributed by atoms with Gasteiger partial charge >= 0.3 is 31.2 Å². The van der Waals surface area contributed by atoms with E-state index in [9.17, 15) is 30.4 Å². The summed E-state index contributed by atoms with van der Waals surface area (Å²) in [5.41, 5.74) is 0. The van der Waals surface area contributed by atoms with Crippen LogP contribution in [0.25, 0.3) is 0 Å². The molecule has 0 aromatic carbocycles. The Bertz CT molecular complexity index is 674. The van der Waals surface area contributed by atoms with E-state index < -0.39 is 61.9 Å². The highest BCUT2D eigenvalue weighted by molar-refractivity contribution is 7.81. The molecule has 1 aliphatic rings. The van der Waals surface area contributed by atoms with Crippen LogP contribution in [0.3, 0.4) is 0 Å². The first-order chi connectivity index (χ1) is 10.1. The van der Waals surface area contributed by atoms with Crippen molar-refractivity contribution in [2.24, 2.45) is 0 Å². The topological polar surface area (TPSA) is 220 Å². The summed E-state index contributed by atoms with van der Waals surface area (Å²) in [5.74, 6) is 0. The highest BCUT2D eigenvalue weighted by atomic mass is 32.3. The summed E-state index contributed by atoms with van der Waals surface area (Å²) in [6, 6.07) is 0. The molecule has 23 heavy (non-hydrogen) atoms. The van der Waals surface area contributed by atoms with Crippen LogP contribution >= 0.6 is 0 Å². The number of hydrogen-bond acceptors (Lipinski definition) is 11. The van der Waals surface area contributed by atoms with Crippen molar-refractivity contribution in [3.63, 3.8) is 0 Å². The largest absolute Gasteiger partial charge is 0.397 e. The van der Waals surface area contributed by atoms with Crippen LogP contribution in [-0.2, 0) is 48.5 Å². The average molecular weight is 404 g/mol. The van der Waals surface area contributed by atoms with E-state index in [0.29, 0.717) is 0 Å². The second-order valence-electron chi connectivity index (χ2n) is 4.20. The summed E-state index contributed by atoms with van der Waals surface area (Å²) < 4.78 is 107. The third-order valence-electron chi connectivity index (χ3n) is 2.44. The highest BCUT2D eigenvalue weighted by Gasteiger charge is 2.51. The Morgan fingerprint density at radius 2 is 1.09 bits per heavy atom. The molecule has 0 amide bonds.